The van der Waals surface area contributed by atoms with Crippen molar-refractivity contribution in [2.24, 2.45) is 5.41 Å². The van der Waals surface area contributed by atoms with Crippen molar-refractivity contribution in [2.45, 2.75) is 30.0 Å². The number of amides is 1. The summed E-state index contributed by atoms with van der Waals surface area (Å²) in [4.78, 5) is 17.4. The number of carbonyl (C=O) groups excluding carboxylic acids is 1. The zero-order valence-electron chi connectivity index (χ0n) is 13.2. The van der Waals surface area contributed by atoms with Crippen LogP contribution in [0.2, 0.25) is 0 Å². The van der Waals surface area contributed by atoms with Gasteiger partial charge in [-0.3, -0.25) is 4.79 Å². The molecule has 0 unspecified atom stereocenters. The number of hydrogen-bond donors (Lipinski definition) is 1. The molecule has 0 bridgehead atoms. The normalized spacial score (nSPS) is 16.4. The summed E-state index contributed by atoms with van der Waals surface area (Å²) < 4.78 is 2.13. The van der Waals surface area contributed by atoms with Crippen molar-refractivity contribution in [1.29, 1.82) is 0 Å². The van der Waals surface area contributed by atoms with Crippen molar-refractivity contribution >= 4 is 44.9 Å². The average Bonchev–Trinajstić information content (AvgIpc) is 3.20. The van der Waals surface area contributed by atoms with Gasteiger partial charge < -0.3 is 5.32 Å². The van der Waals surface area contributed by atoms with E-state index in [9.17, 15) is 4.79 Å². The first kappa shape index (κ1) is 16.3. The van der Waals surface area contributed by atoms with E-state index in [0.717, 1.165) is 51.5 Å². The van der Waals surface area contributed by atoms with Crippen LogP contribution in [0.5, 0.6) is 0 Å². The average molecular weight is 345 g/mol. The highest BCUT2D eigenvalue weighted by Gasteiger charge is 2.42. The molecule has 1 aromatic carbocycles. The Balaban J connectivity index is 1.86. The van der Waals surface area contributed by atoms with E-state index in [1.165, 1.54) is 0 Å². The molecule has 1 aliphatic rings. The molecule has 1 saturated carbocycles. The molecular formula is C18H20N2OS2. The maximum Gasteiger partial charge on any atom is 0.235 e. The number of carbonyl (C=O) groups is 1. The SMILES string of the molecule is C=CC(=C)C1(C(=O)Nc2ccc3nc(SC)sc3c2)CCCC1. The van der Waals surface area contributed by atoms with Gasteiger partial charge in [-0.2, -0.15) is 0 Å². The van der Waals surface area contributed by atoms with Crippen LogP contribution in [0.3, 0.4) is 0 Å². The van der Waals surface area contributed by atoms with Crippen LogP contribution >= 0.6 is 23.1 Å². The third kappa shape index (κ3) is 2.95. The lowest BCUT2D eigenvalue weighted by molar-refractivity contribution is -0.123. The number of nitrogens with zero attached hydrogens (tertiary/aromatic N) is 1. The standard InChI is InChI=1S/C18H20N2OS2/c1-4-12(2)18(9-5-6-10-18)16(21)19-13-7-8-14-15(11-13)23-17(20-14)22-3/h4,7-8,11H,1-2,5-6,9-10H2,3H3,(H,19,21). The Morgan fingerprint density at radius 1 is 1.43 bits per heavy atom. The van der Waals surface area contributed by atoms with E-state index < -0.39 is 5.41 Å². The molecule has 1 aliphatic carbocycles. The fourth-order valence-corrected chi connectivity index (χ4v) is 4.72. The van der Waals surface area contributed by atoms with Crippen molar-refractivity contribution in [3.63, 3.8) is 0 Å². The van der Waals surface area contributed by atoms with Gasteiger partial charge in [-0.15, -0.1) is 11.3 Å². The fourth-order valence-electron chi connectivity index (χ4n) is 3.19. The molecule has 0 atom stereocenters. The number of allylic oxidation sites excluding steroid dienone is 1. The summed E-state index contributed by atoms with van der Waals surface area (Å²) >= 11 is 3.29. The molecule has 1 N–H and O–H groups in total. The third-order valence-electron chi connectivity index (χ3n) is 4.55. The molecule has 0 spiro atoms. The first-order chi connectivity index (χ1) is 11.1. The van der Waals surface area contributed by atoms with Crippen molar-refractivity contribution in [3.05, 3.63) is 43.0 Å². The Labute approximate surface area is 144 Å². The van der Waals surface area contributed by atoms with E-state index in [4.69, 9.17) is 0 Å². The minimum Gasteiger partial charge on any atom is -0.325 e. The number of thioether (sulfide) groups is 1. The minimum absolute atomic E-state index is 0.0360. The molecule has 1 aromatic heterocycles. The molecule has 0 radical (unpaired) electrons. The summed E-state index contributed by atoms with van der Waals surface area (Å²) in [6.07, 6.45) is 7.57. The van der Waals surface area contributed by atoms with Gasteiger partial charge in [-0.1, -0.05) is 43.8 Å². The summed E-state index contributed by atoms with van der Waals surface area (Å²) in [5.41, 5.74) is 2.14. The number of rotatable bonds is 5. The van der Waals surface area contributed by atoms with Gasteiger partial charge >= 0.3 is 0 Å². The number of nitrogens with one attached hydrogen (secondary N) is 1. The van der Waals surface area contributed by atoms with Crippen LogP contribution in [-0.2, 0) is 4.79 Å². The predicted molar refractivity (Wildman–Crippen MR) is 100 cm³/mol. The van der Waals surface area contributed by atoms with Gasteiger partial charge in [0.15, 0.2) is 4.34 Å². The molecule has 0 saturated heterocycles. The number of benzene rings is 1. The summed E-state index contributed by atoms with van der Waals surface area (Å²) in [5, 5.41) is 3.08. The number of aromatic nitrogens is 1. The Bertz CT molecular complexity index is 772. The Morgan fingerprint density at radius 3 is 2.83 bits per heavy atom. The van der Waals surface area contributed by atoms with Gasteiger partial charge in [0.2, 0.25) is 5.91 Å². The summed E-state index contributed by atoms with van der Waals surface area (Å²) in [6.45, 7) is 7.87. The van der Waals surface area contributed by atoms with E-state index in [2.05, 4.69) is 23.5 Å². The molecular weight excluding hydrogens is 324 g/mol. The van der Waals surface area contributed by atoms with Crippen molar-refractivity contribution in [1.82, 2.24) is 4.98 Å². The van der Waals surface area contributed by atoms with E-state index >= 15 is 0 Å². The number of anilines is 1. The predicted octanol–water partition coefficient (Wildman–Crippen LogP) is 5.26. The second kappa shape index (κ2) is 6.49. The highest BCUT2D eigenvalue weighted by atomic mass is 32.2. The lowest BCUT2D eigenvalue weighted by Crippen LogP contribution is -2.34. The zero-order valence-corrected chi connectivity index (χ0v) is 14.9. The van der Waals surface area contributed by atoms with Gasteiger partial charge in [-0.05, 0) is 42.9 Å². The zero-order chi connectivity index (χ0) is 16.4. The van der Waals surface area contributed by atoms with Crippen LogP contribution in [0.25, 0.3) is 10.2 Å². The first-order valence-electron chi connectivity index (χ1n) is 7.67. The highest BCUT2D eigenvalue weighted by molar-refractivity contribution is 8.00. The van der Waals surface area contributed by atoms with Gasteiger partial charge in [0.25, 0.3) is 0 Å². The summed E-state index contributed by atoms with van der Waals surface area (Å²) in [7, 11) is 0. The number of hydrogen-bond acceptors (Lipinski definition) is 4. The smallest absolute Gasteiger partial charge is 0.235 e. The molecule has 2 aromatic rings. The maximum atomic E-state index is 12.9. The summed E-state index contributed by atoms with van der Waals surface area (Å²) in [5.74, 6) is 0.0360. The second-order valence-electron chi connectivity index (χ2n) is 5.84. The molecule has 1 fully saturated rings. The molecule has 5 heteroatoms. The largest absolute Gasteiger partial charge is 0.325 e. The topological polar surface area (TPSA) is 42.0 Å². The van der Waals surface area contributed by atoms with E-state index in [-0.39, 0.29) is 5.91 Å². The number of thiazole rings is 1. The van der Waals surface area contributed by atoms with Crippen molar-refractivity contribution in [2.75, 3.05) is 11.6 Å². The molecule has 120 valence electrons. The van der Waals surface area contributed by atoms with Crippen LogP contribution < -0.4 is 5.32 Å². The summed E-state index contributed by atoms with van der Waals surface area (Å²) in [6, 6.07) is 5.89. The first-order valence-corrected chi connectivity index (χ1v) is 9.71. The fraction of sp³-hybridized carbons (Fsp3) is 0.333. The van der Waals surface area contributed by atoms with Crippen LogP contribution in [0.15, 0.2) is 47.3 Å². The monoisotopic (exact) mass is 344 g/mol. The quantitative estimate of drug-likeness (QED) is 0.594. The van der Waals surface area contributed by atoms with Crippen LogP contribution in [0.1, 0.15) is 25.7 Å². The maximum absolute atomic E-state index is 12.9. The van der Waals surface area contributed by atoms with Gasteiger partial charge in [0, 0.05) is 5.69 Å². The molecule has 0 aliphatic heterocycles. The van der Waals surface area contributed by atoms with Crippen LogP contribution in [0.4, 0.5) is 5.69 Å². The van der Waals surface area contributed by atoms with Crippen molar-refractivity contribution in [3.8, 4) is 0 Å². The molecule has 1 amide bonds. The second-order valence-corrected chi connectivity index (χ2v) is 7.92. The Morgan fingerprint density at radius 2 is 2.17 bits per heavy atom. The molecule has 23 heavy (non-hydrogen) atoms. The Hall–Kier alpha value is -1.59. The molecule has 3 rings (SSSR count). The van der Waals surface area contributed by atoms with E-state index in [1.54, 1.807) is 29.2 Å². The molecule has 3 nitrogen and oxygen atoms in total. The highest BCUT2D eigenvalue weighted by Crippen LogP contribution is 2.45. The van der Waals surface area contributed by atoms with Gasteiger partial charge in [-0.25, -0.2) is 4.98 Å². The lowest BCUT2D eigenvalue weighted by atomic mass is 9.78. The minimum atomic E-state index is -0.491. The lowest BCUT2D eigenvalue weighted by Gasteiger charge is -2.28. The van der Waals surface area contributed by atoms with Gasteiger partial charge in [0.1, 0.15) is 0 Å². The Kier molecular flexibility index (Phi) is 4.60. The molecule has 1 heterocycles. The van der Waals surface area contributed by atoms with E-state index in [1.807, 2.05) is 24.5 Å². The van der Waals surface area contributed by atoms with Crippen molar-refractivity contribution < 1.29 is 4.79 Å². The van der Waals surface area contributed by atoms with Gasteiger partial charge in [0.05, 0.1) is 15.6 Å². The van der Waals surface area contributed by atoms with Crippen LogP contribution in [0, 0.1) is 5.41 Å². The van der Waals surface area contributed by atoms with E-state index in [0.29, 0.717) is 0 Å². The number of fused-ring (bicyclic) bond motifs is 1. The van der Waals surface area contributed by atoms with Crippen LogP contribution in [-0.4, -0.2) is 17.1 Å². The third-order valence-corrected chi connectivity index (χ3v) is 6.56.